The van der Waals surface area contributed by atoms with Crippen LogP contribution < -0.4 is 11.5 Å². The molecule has 0 aromatic rings. The molecule has 5 heteroatoms. The molecule has 0 rings (SSSR count). The summed E-state index contributed by atoms with van der Waals surface area (Å²) in [5.74, 6) is 0. The van der Waals surface area contributed by atoms with Crippen molar-refractivity contribution in [1.82, 2.24) is 0 Å². The van der Waals surface area contributed by atoms with Crippen LogP contribution in [0.15, 0.2) is 0 Å². The molecule has 0 spiro atoms. The van der Waals surface area contributed by atoms with Crippen LogP contribution >= 0.6 is 0 Å². The largest absolute Gasteiger partial charge is 0.381 e. The molecule has 0 aliphatic carbocycles. The molecule has 0 aromatic carbocycles. The summed E-state index contributed by atoms with van der Waals surface area (Å²) in [4.78, 5) is 0. The summed E-state index contributed by atoms with van der Waals surface area (Å²) in [5, 5.41) is 17.2. The normalized spacial score (nSPS) is 16.4. The van der Waals surface area contributed by atoms with Crippen molar-refractivity contribution in [2.75, 3.05) is 13.2 Å². The summed E-state index contributed by atoms with van der Waals surface area (Å²) in [7, 11) is 0. The average Bonchev–Trinajstić information content (AvgIpc) is 1.85. The van der Waals surface area contributed by atoms with Gasteiger partial charge in [0.15, 0.2) is 0 Å². The molecule has 0 bridgehead atoms. The number of aliphatic hydroxyl groups is 2. The molecule has 2 unspecified atom stereocenters. The van der Waals surface area contributed by atoms with E-state index in [1.165, 1.54) is 0 Å². The Bertz CT molecular complexity index is 77.9. The summed E-state index contributed by atoms with van der Waals surface area (Å²) < 4.78 is 4.98. The second-order valence-electron chi connectivity index (χ2n) is 2.32. The number of hydrogen-bond donors (Lipinski definition) is 4. The molecule has 0 aliphatic heterocycles. The quantitative estimate of drug-likeness (QED) is 0.278. The first kappa shape index (κ1) is 10.8. The van der Waals surface area contributed by atoms with Crippen molar-refractivity contribution in [2.45, 2.75) is 25.3 Å². The van der Waals surface area contributed by atoms with Crippen molar-refractivity contribution < 1.29 is 14.9 Å². The van der Waals surface area contributed by atoms with Crippen LogP contribution in [0.5, 0.6) is 0 Å². The lowest BCUT2D eigenvalue weighted by Crippen LogP contribution is -2.23. The van der Waals surface area contributed by atoms with E-state index in [2.05, 4.69) is 0 Å². The van der Waals surface area contributed by atoms with E-state index in [9.17, 15) is 0 Å². The molecule has 0 radical (unpaired) electrons. The van der Waals surface area contributed by atoms with Crippen molar-refractivity contribution in [3.05, 3.63) is 0 Å². The molecule has 0 heterocycles. The van der Waals surface area contributed by atoms with E-state index >= 15 is 0 Å². The van der Waals surface area contributed by atoms with Crippen LogP contribution in [0.4, 0.5) is 0 Å². The molecule has 0 saturated carbocycles. The van der Waals surface area contributed by atoms with Crippen LogP contribution in [0, 0.1) is 0 Å². The molecule has 0 amide bonds. The van der Waals surface area contributed by atoms with Gasteiger partial charge in [0.2, 0.25) is 0 Å². The first-order chi connectivity index (χ1) is 5.13. The molecule has 68 valence electrons. The van der Waals surface area contributed by atoms with Gasteiger partial charge in [-0.1, -0.05) is 0 Å². The maximum atomic E-state index is 8.58. The van der Waals surface area contributed by atoms with Gasteiger partial charge in [-0.25, -0.2) is 0 Å². The molecular weight excluding hydrogens is 148 g/mol. The van der Waals surface area contributed by atoms with Gasteiger partial charge in [0, 0.05) is 12.8 Å². The zero-order chi connectivity index (χ0) is 8.69. The number of ether oxygens (including phenoxy) is 1. The molecule has 5 nitrogen and oxygen atoms in total. The predicted molar refractivity (Wildman–Crippen MR) is 40.4 cm³/mol. The van der Waals surface area contributed by atoms with Crippen LogP contribution in [0.3, 0.4) is 0 Å². The van der Waals surface area contributed by atoms with Crippen LogP contribution in [0.25, 0.3) is 0 Å². The van der Waals surface area contributed by atoms with Crippen molar-refractivity contribution in [2.24, 2.45) is 11.5 Å². The molecule has 0 fully saturated rings. The Hall–Kier alpha value is -0.200. The molecule has 6 N–H and O–H groups in total. The van der Waals surface area contributed by atoms with Crippen molar-refractivity contribution >= 4 is 0 Å². The fourth-order valence-corrected chi connectivity index (χ4v) is 0.510. The number of hydrogen-bond acceptors (Lipinski definition) is 5. The van der Waals surface area contributed by atoms with Gasteiger partial charge < -0.3 is 26.4 Å². The zero-order valence-corrected chi connectivity index (χ0v) is 6.44. The minimum absolute atomic E-state index is 0.393. The molecule has 0 aliphatic rings. The Balaban J connectivity index is 2.91. The zero-order valence-electron chi connectivity index (χ0n) is 6.44. The summed E-state index contributed by atoms with van der Waals surface area (Å²) in [5.41, 5.74) is 10.1. The minimum atomic E-state index is -0.821. The lowest BCUT2D eigenvalue weighted by Gasteiger charge is -2.06. The van der Waals surface area contributed by atoms with Gasteiger partial charge in [0.05, 0.1) is 13.2 Å². The maximum Gasteiger partial charge on any atom is 0.104 e. The maximum absolute atomic E-state index is 8.58. The van der Waals surface area contributed by atoms with E-state index in [1.54, 1.807) is 0 Å². The van der Waals surface area contributed by atoms with Gasteiger partial charge >= 0.3 is 0 Å². The van der Waals surface area contributed by atoms with E-state index in [0.29, 0.717) is 26.1 Å². The fourth-order valence-electron chi connectivity index (χ4n) is 0.510. The second kappa shape index (κ2) is 6.51. The summed E-state index contributed by atoms with van der Waals surface area (Å²) in [6.45, 7) is 0.786. The topological polar surface area (TPSA) is 102 Å². The third-order valence-electron chi connectivity index (χ3n) is 1.12. The smallest absolute Gasteiger partial charge is 0.104 e. The molecular formula is C6H16N2O3. The lowest BCUT2D eigenvalue weighted by atomic mass is 10.4. The van der Waals surface area contributed by atoms with Crippen molar-refractivity contribution in [3.63, 3.8) is 0 Å². The molecule has 0 aromatic heterocycles. The van der Waals surface area contributed by atoms with E-state index in [4.69, 9.17) is 26.4 Å². The van der Waals surface area contributed by atoms with E-state index in [0.717, 1.165) is 0 Å². The van der Waals surface area contributed by atoms with Crippen LogP contribution in [0.2, 0.25) is 0 Å². The highest BCUT2D eigenvalue weighted by atomic mass is 16.5. The van der Waals surface area contributed by atoms with Gasteiger partial charge in [-0.2, -0.15) is 0 Å². The Kier molecular flexibility index (Phi) is 6.39. The van der Waals surface area contributed by atoms with Gasteiger partial charge in [0.1, 0.15) is 12.5 Å². The average molecular weight is 164 g/mol. The summed E-state index contributed by atoms with van der Waals surface area (Å²) >= 11 is 0. The number of rotatable bonds is 6. The van der Waals surface area contributed by atoms with Crippen LogP contribution in [-0.4, -0.2) is 35.9 Å². The Morgan fingerprint density at radius 1 is 1.00 bits per heavy atom. The first-order valence-electron chi connectivity index (χ1n) is 3.58. The monoisotopic (exact) mass is 164 g/mol. The highest BCUT2D eigenvalue weighted by molar-refractivity contribution is 4.45. The van der Waals surface area contributed by atoms with E-state index < -0.39 is 12.5 Å². The number of nitrogens with two attached hydrogens (primary N) is 2. The molecule has 11 heavy (non-hydrogen) atoms. The van der Waals surface area contributed by atoms with Gasteiger partial charge in [-0.15, -0.1) is 0 Å². The van der Waals surface area contributed by atoms with Gasteiger partial charge in [-0.3, -0.25) is 0 Å². The third kappa shape index (κ3) is 9.80. The fraction of sp³-hybridized carbons (Fsp3) is 1.00. The highest BCUT2D eigenvalue weighted by Gasteiger charge is 1.97. The Morgan fingerprint density at radius 3 is 1.64 bits per heavy atom. The molecule has 0 saturated heterocycles. The SMILES string of the molecule is NC(O)CCOCCC(N)O. The lowest BCUT2D eigenvalue weighted by molar-refractivity contribution is 0.0606. The Morgan fingerprint density at radius 2 is 1.36 bits per heavy atom. The number of aliphatic hydroxyl groups excluding tert-OH is 2. The second-order valence-corrected chi connectivity index (χ2v) is 2.32. The van der Waals surface area contributed by atoms with E-state index in [-0.39, 0.29) is 0 Å². The van der Waals surface area contributed by atoms with E-state index in [1.807, 2.05) is 0 Å². The Labute approximate surface area is 65.9 Å². The van der Waals surface area contributed by atoms with Gasteiger partial charge in [0.25, 0.3) is 0 Å². The van der Waals surface area contributed by atoms with Crippen molar-refractivity contribution in [1.29, 1.82) is 0 Å². The van der Waals surface area contributed by atoms with Crippen molar-refractivity contribution in [3.8, 4) is 0 Å². The summed E-state index contributed by atoms with van der Waals surface area (Å²) in [6.07, 6.45) is -0.836. The minimum Gasteiger partial charge on any atom is -0.381 e. The highest BCUT2D eigenvalue weighted by Crippen LogP contribution is 1.88. The molecule has 2 atom stereocenters. The van der Waals surface area contributed by atoms with Crippen LogP contribution in [0.1, 0.15) is 12.8 Å². The third-order valence-corrected chi connectivity index (χ3v) is 1.12. The summed E-state index contributed by atoms with van der Waals surface area (Å²) in [6, 6.07) is 0. The van der Waals surface area contributed by atoms with Gasteiger partial charge in [-0.05, 0) is 0 Å². The first-order valence-corrected chi connectivity index (χ1v) is 3.58. The van der Waals surface area contributed by atoms with Crippen LogP contribution in [-0.2, 0) is 4.74 Å². The standard InChI is InChI=1S/C6H16N2O3/c7-5(9)1-3-11-4-2-6(8)10/h5-6,9-10H,1-4,7-8H2. The predicted octanol–water partition coefficient (Wildman–Crippen LogP) is -1.66.